The van der Waals surface area contributed by atoms with Crippen LogP contribution in [0.25, 0.3) is 0 Å². The minimum absolute atomic E-state index is 0.0764. The normalized spacial score (nSPS) is 17.7. The summed E-state index contributed by atoms with van der Waals surface area (Å²) in [6.07, 6.45) is 1.94. The second-order valence-electron chi connectivity index (χ2n) is 4.69. The number of aliphatic imine (C=N–C) groups is 1. The van der Waals surface area contributed by atoms with Gasteiger partial charge in [-0.15, -0.1) is 0 Å². The quantitative estimate of drug-likeness (QED) is 0.653. The van der Waals surface area contributed by atoms with Crippen molar-refractivity contribution < 1.29 is 22.5 Å². The molecule has 2 rings (SSSR count). The van der Waals surface area contributed by atoms with Crippen LogP contribution in [-0.2, 0) is 20.6 Å². The Morgan fingerprint density at radius 1 is 1.43 bits per heavy atom. The number of thioether (sulfide) groups is 1. The van der Waals surface area contributed by atoms with E-state index in [1.807, 2.05) is 13.2 Å². The molecule has 0 radical (unpaired) electrons. The van der Waals surface area contributed by atoms with E-state index >= 15 is 0 Å². The van der Waals surface area contributed by atoms with Gasteiger partial charge in [0.2, 0.25) is 5.90 Å². The molecule has 0 amide bonds. The van der Waals surface area contributed by atoms with Crippen molar-refractivity contribution in [2.75, 3.05) is 12.0 Å². The first-order chi connectivity index (χ1) is 9.81. The summed E-state index contributed by atoms with van der Waals surface area (Å²) in [6, 6.07) is 4.55. The lowest BCUT2D eigenvalue weighted by molar-refractivity contribution is 0.0736. The van der Waals surface area contributed by atoms with Crippen LogP contribution in [0.1, 0.15) is 28.4 Å². The summed E-state index contributed by atoms with van der Waals surface area (Å²) in [5.74, 6) is -0.271. The van der Waals surface area contributed by atoms with Gasteiger partial charge in [-0.05, 0) is 24.8 Å². The zero-order chi connectivity index (χ0) is 15.6. The minimum Gasteiger partial charge on any atom is -0.404 e. The molecule has 0 spiro atoms. The molecule has 0 fully saturated rings. The van der Waals surface area contributed by atoms with Crippen LogP contribution in [0, 0.1) is 0 Å². The Hall–Kier alpha value is -1.38. The van der Waals surface area contributed by atoms with E-state index in [-0.39, 0.29) is 17.5 Å². The van der Waals surface area contributed by atoms with Gasteiger partial charge in [0.1, 0.15) is 5.75 Å². The predicted molar refractivity (Wildman–Crippen MR) is 81.5 cm³/mol. The Bertz CT molecular complexity index is 697. The number of cyclic esters (lactones) is 1. The minimum atomic E-state index is -4.20. The molecule has 1 aliphatic heterocycles. The summed E-state index contributed by atoms with van der Waals surface area (Å²) < 4.78 is 36.4. The third-order valence-electron chi connectivity index (χ3n) is 2.86. The van der Waals surface area contributed by atoms with E-state index in [1.165, 1.54) is 6.07 Å². The molecule has 1 aromatic rings. The molecule has 114 valence electrons. The van der Waals surface area contributed by atoms with Crippen molar-refractivity contribution in [3.05, 3.63) is 34.9 Å². The predicted octanol–water partition coefficient (Wildman–Crippen LogP) is 1.74. The second-order valence-corrected chi connectivity index (χ2v) is 7.06. The lowest BCUT2D eigenvalue weighted by Gasteiger charge is -2.08. The SMILES string of the molecule is CSCC(C)N=C1OC(=O)c2cccc(CS(=O)(=O)O)c21. The van der Waals surface area contributed by atoms with Crippen LogP contribution in [0.3, 0.4) is 0 Å². The summed E-state index contributed by atoms with van der Waals surface area (Å²) in [7, 11) is -4.20. The number of ether oxygens (including phenoxy) is 1. The van der Waals surface area contributed by atoms with Crippen LogP contribution in [0.2, 0.25) is 0 Å². The maximum absolute atomic E-state index is 11.8. The molecule has 1 N–H and O–H groups in total. The number of hydrogen-bond donors (Lipinski definition) is 1. The van der Waals surface area contributed by atoms with Gasteiger partial charge < -0.3 is 4.74 Å². The van der Waals surface area contributed by atoms with Crippen LogP contribution in [0.4, 0.5) is 0 Å². The monoisotopic (exact) mass is 329 g/mol. The third-order valence-corrected chi connectivity index (χ3v) is 4.35. The molecule has 1 aromatic carbocycles. The first-order valence-electron chi connectivity index (χ1n) is 6.18. The molecule has 8 heteroatoms. The molecule has 0 aromatic heterocycles. The number of hydrogen-bond acceptors (Lipinski definition) is 6. The molecular formula is C13H15NO5S2. The van der Waals surface area contributed by atoms with E-state index < -0.39 is 21.8 Å². The molecule has 21 heavy (non-hydrogen) atoms. The highest BCUT2D eigenvalue weighted by Gasteiger charge is 2.31. The zero-order valence-electron chi connectivity index (χ0n) is 11.6. The van der Waals surface area contributed by atoms with Crippen LogP contribution in [0.15, 0.2) is 23.2 Å². The molecule has 0 saturated carbocycles. The lowest BCUT2D eigenvalue weighted by atomic mass is 10.0. The number of nitrogens with zero attached hydrogens (tertiary/aromatic N) is 1. The van der Waals surface area contributed by atoms with Gasteiger partial charge in [0.15, 0.2) is 0 Å². The Labute approximate surface area is 127 Å². The molecule has 1 heterocycles. The van der Waals surface area contributed by atoms with E-state index in [2.05, 4.69) is 4.99 Å². The van der Waals surface area contributed by atoms with Crippen molar-refractivity contribution in [2.45, 2.75) is 18.7 Å². The first kappa shape index (κ1) is 16.0. The van der Waals surface area contributed by atoms with E-state index in [4.69, 9.17) is 9.29 Å². The van der Waals surface area contributed by atoms with Gasteiger partial charge >= 0.3 is 5.97 Å². The summed E-state index contributed by atoms with van der Waals surface area (Å²) in [5, 5.41) is 0. The van der Waals surface area contributed by atoms with Crippen LogP contribution >= 0.6 is 11.8 Å². The van der Waals surface area contributed by atoms with Crippen LogP contribution in [0.5, 0.6) is 0 Å². The van der Waals surface area contributed by atoms with Gasteiger partial charge in [0.25, 0.3) is 10.1 Å². The van der Waals surface area contributed by atoms with E-state index in [0.717, 1.165) is 5.75 Å². The number of rotatable bonds is 5. The highest BCUT2D eigenvalue weighted by Crippen LogP contribution is 2.26. The van der Waals surface area contributed by atoms with Gasteiger partial charge in [-0.2, -0.15) is 20.2 Å². The summed E-state index contributed by atoms with van der Waals surface area (Å²) in [6.45, 7) is 1.88. The highest BCUT2D eigenvalue weighted by molar-refractivity contribution is 7.98. The maximum Gasteiger partial charge on any atom is 0.345 e. The Morgan fingerprint density at radius 2 is 2.14 bits per heavy atom. The molecule has 0 aliphatic carbocycles. The second kappa shape index (κ2) is 6.17. The smallest absolute Gasteiger partial charge is 0.345 e. The summed E-state index contributed by atoms with van der Waals surface area (Å²) >= 11 is 1.61. The zero-order valence-corrected chi connectivity index (χ0v) is 13.2. The fourth-order valence-corrected chi connectivity index (χ4v) is 3.29. The van der Waals surface area contributed by atoms with Crippen molar-refractivity contribution >= 4 is 33.7 Å². The van der Waals surface area contributed by atoms with Crippen molar-refractivity contribution in [1.29, 1.82) is 0 Å². The maximum atomic E-state index is 11.8. The standard InChI is InChI=1S/C13H15NO5S2/c1-8(6-20-2)14-12-11-9(7-21(16,17)18)4-3-5-10(11)13(15)19-12/h3-5,8H,6-7H2,1-2H3,(H,16,17,18). The van der Waals surface area contributed by atoms with Crippen LogP contribution < -0.4 is 0 Å². The van der Waals surface area contributed by atoms with Crippen molar-refractivity contribution in [3.63, 3.8) is 0 Å². The summed E-state index contributed by atoms with van der Waals surface area (Å²) in [4.78, 5) is 16.1. The molecule has 1 aliphatic rings. The van der Waals surface area contributed by atoms with E-state index in [9.17, 15) is 13.2 Å². The number of carbonyl (C=O) groups is 1. The highest BCUT2D eigenvalue weighted by atomic mass is 32.2. The Morgan fingerprint density at radius 3 is 2.76 bits per heavy atom. The molecule has 0 saturated heterocycles. The largest absolute Gasteiger partial charge is 0.404 e. The lowest BCUT2D eigenvalue weighted by Crippen LogP contribution is -2.12. The van der Waals surface area contributed by atoms with Crippen molar-refractivity contribution in [3.8, 4) is 0 Å². The van der Waals surface area contributed by atoms with Gasteiger partial charge in [-0.25, -0.2) is 9.79 Å². The Kier molecular flexibility index (Phi) is 4.70. The molecular weight excluding hydrogens is 314 g/mol. The molecule has 1 unspecified atom stereocenters. The fourth-order valence-electron chi connectivity index (χ4n) is 2.10. The van der Waals surface area contributed by atoms with Gasteiger partial charge in [-0.3, -0.25) is 4.55 Å². The third kappa shape index (κ3) is 3.84. The van der Waals surface area contributed by atoms with Gasteiger partial charge in [0.05, 0.1) is 17.2 Å². The first-order valence-corrected chi connectivity index (χ1v) is 9.18. The number of benzene rings is 1. The average Bonchev–Trinajstić information content (AvgIpc) is 2.66. The van der Waals surface area contributed by atoms with E-state index in [1.54, 1.807) is 23.9 Å². The van der Waals surface area contributed by atoms with Crippen molar-refractivity contribution in [1.82, 2.24) is 0 Å². The number of fused-ring (bicyclic) bond motifs is 1. The fraction of sp³-hybridized carbons (Fsp3) is 0.385. The summed E-state index contributed by atoms with van der Waals surface area (Å²) in [5.41, 5.74) is 0.926. The molecule has 1 atom stereocenters. The molecule has 0 bridgehead atoms. The topological polar surface area (TPSA) is 93.0 Å². The van der Waals surface area contributed by atoms with Gasteiger partial charge in [-0.1, -0.05) is 12.1 Å². The average molecular weight is 329 g/mol. The van der Waals surface area contributed by atoms with Crippen molar-refractivity contribution in [2.24, 2.45) is 4.99 Å². The molecule has 6 nitrogen and oxygen atoms in total. The van der Waals surface area contributed by atoms with Crippen LogP contribution in [-0.4, -0.2) is 42.9 Å². The van der Waals surface area contributed by atoms with Gasteiger partial charge in [0, 0.05) is 5.75 Å². The number of carbonyl (C=O) groups excluding carboxylic acids is 1. The number of esters is 1. The van der Waals surface area contributed by atoms with E-state index in [0.29, 0.717) is 11.1 Å². The Balaban J connectivity index is 2.48.